The van der Waals surface area contributed by atoms with Crippen LogP contribution >= 0.6 is 0 Å². The Morgan fingerprint density at radius 1 is 1.07 bits per heavy atom. The molecule has 6 heteroatoms. The fourth-order valence-corrected chi connectivity index (χ4v) is 2.70. The lowest BCUT2D eigenvalue weighted by Crippen LogP contribution is -2.42. The fourth-order valence-electron chi connectivity index (χ4n) is 2.70. The van der Waals surface area contributed by atoms with Gasteiger partial charge in [0.2, 0.25) is 5.91 Å². The molecule has 27 heavy (non-hydrogen) atoms. The standard InChI is InChI=1S/C21H22N4O2/c1-13-9-10-16(11-14(13)2)19-18(21(27)23-15(3)20(22)26)12-25(24-19)17-7-5-4-6-8-17/h4-12,15H,1-3H3,(H2,22,26)(H,23,27). The summed E-state index contributed by atoms with van der Waals surface area (Å²) in [5.74, 6) is -0.983. The van der Waals surface area contributed by atoms with E-state index in [1.165, 1.54) is 0 Å². The fraction of sp³-hybridized carbons (Fsp3) is 0.190. The van der Waals surface area contributed by atoms with Crippen molar-refractivity contribution < 1.29 is 9.59 Å². The largest absolute Gasteiger partial charge is 0.368 e. The molecule has 0 bridgehead atoms. The summed E-state index contributed by atoms with van der Waals surface area (Å²) < 4.78 is 1.66. The van der Waals surface area contributed by atoms with E-state index in [2.05, 4.69) is 10.4 Å². The predicted octanol–water partition coefficient (Wildman–Crippen LogP) is 2.76. The maximum Gasteiger partial charge on any atom is 0.255 e. The van der Waals surface area contributed by atoms with E-state index in [-0.39, 0.29) is 0 Å². The van der Waals surface area contributed by atoms with Gasteiger partial charge in [-0.2, -0.15) is 5.10 Å². The lowest BCUT2D eigenvalue weighted by atomic mass is 10.0. The molecule has 6 nitrogen and oxygen atoms in total. The highest BCUT2D eigenvalue weighted by atomic mass is 16.2. The van der Waals surface area contributed by atoms with Crippen molar-refractivity contribution in [3.63, 3.8) is 0 Å². The summed E-state index contributed by atoms with van der Waals surface area (Å²) in [6, 6.07) is 14.7. The molecule has 3 N–H and O–H groups in total. The molecule has 1 aromatic heterocycles. The monoisotopic (exact) mass is 362 g/mol. The molecule has 0 radical (unpaired) electrons. The number of nitrogens with one attached hydrogen (secondary N) is 1. The lowest BCUT2D eigenvalue weighted by molar-refractivity contribution is -0.119. The van der Waals surface area contributed by atoms with Gasteiger partial charge >= 0.3 is 0 Å². The van der Waals surface area contributed by atoms with Crippen LogP contribution in [0, 0.1) is 13.8 Å². The number of nitrogens with zero attached hydrogens (tertiary/aromatic N) is 2. The van der Waals surface area contributed by atoms with Crippen molar-refractivity contribution in [1.82, 2.24) is 15.1 Å². The summed E-state index contributed by atoms with van der Waals surface area (Å²) in [5.41, 5.74) is 10.2. The van der Waals surface area contributed by atoms with Gasteiger partial charge in [-0.05, 0) is 50.1 Å². The lowest BCUT2D eigenvalue weighted by Gasteiger charge is -2.10. The van der Waals surface area contributed by atoms with Crippen LogP contribution in [-0.2, 0) is 4.79 Å². The van der Waals surface area contributed by atoms with Crippen LogP contribution in [0.1, 0.15) is 28.4 Å². The van der Waals surface area contributed by atoms with Crippen molar-refractivity contribution >= 4 is 11.8 Å². The molecule has 0 saturated heterocycles. The summed E-state index contributed by atoms with van der Waals surface area (Å²) in [6.07, 6.45) is 1.67. The highest BCUT2D eigenvalue weighted by molar-refractivity contribution is 6.01. The number of hydrogen-bond donors (Lipinski definition) is 2. The summed E-state index contributed by atoms with van der Waals surface area (Å²) in [5, 5.41) is 7.26. The normalized spacial score (nSPS) is 11.8. The number of benzene rings is 2. The maximum absolute atomic E-state index is 12.8. The summed E-state index contributed by atoms with van der Waals surface area (Å²) in [6.45, 7) is 5.60. The Balaban J connectivity index is 2.09. The predicted molar refractivity (Wildman–Crippen MR) is 105 cm³/mol. The third-order valence-corrected chi connectivity index (χ3v) is 4.53. The molecular formula is C21H22N4O2. The summed E-state index contributed by atoms with van der Waals surface area (Å²) in [7, 11) is 0. The number of carbonyl (C=O) groups is 2. The van der Waals surface area contributed by atoms with Gasteiger partial charge in [-0.1, -0.05) is 30.3 Å². The Labute approximate surface area is 158 Å². The zero-order valence-corrected chi connectivity index (χ0v) is 15.6. The Bertz CT molecular complexity index is 993. The number of hydrogen-bond acceptors (Lipinski definition) is 3. The summed E-state index contributed by atoms with van der Waals surface area (Å²) in [4.78, 5) is 24.1. The van der Waals surface area contributed by atoms with E-state index in [4.69, 9.17) is 5.73 Å². The average molecular weight is 362 g/mol. The molecule has 0 aliphatic heterocycles. The Hall–Kier alpha value is -3.41. The Morgan fingerprint density at radius 2 is 1.78 bits per heavy atom. The second-order valence-corrected chi connectivity index (χ2v) is 6.57. The molecule has 1 atom stereocenters. The number of primary amides is 1. The van der Waals surface area contributed by atoms with Crippen LogP contribution in [0.2, 0.25) is 0 Å². The van der Waals surface area contributed by atoms with Gasteiger partial charge in [0.05, 0.1) is 11.3 Å². The second kappa shape index (κ2) is 7.45. The van der Waals surface area contributed by atoms with Crippen molar-refractivity contribution in [2.45, 2.75) is 26.8 Å². The van der Waals surface area contributed by atoms with Gasteiger partial charge in [0, 0.05) is 11.8 Å². The molecule has 1 unspecified atom stereocenters. The van der Waals surface area contributed by atoms with Crippen molar-refractivity contribution in [3.05, 3.63) is 71.4 Å². The van der Waals surface area contributed by atoms with Crippen LogP contribution in [0.15, 0.2) is 54.7 Å². The minimum atomic E-state index is -0.773. The first kappa shape index (κ1) is 18.4. The Kier molecular flexibility index (Phi) is 5.07. The second-order valence-electron chi connectivity index (χ2n) is 6.57. The first-order valence-electron chi connectivity index (χ1n) is 8.69. The third-order valence-electron chi connectivity index (χ3n) is 4.53. The van der Waals surface area contributed by atoms with E-state index in [1.807, 2.05) is 62.4 Å². The number of amides is 2. The highest BCUT2D eigenvalue weighted by Gasteiger charge is 2.21. The maximum atomic E-state index is 12.8. The van der Waals surface area contributed by atoms with E-state index in [9.17, 15) is 9.59 Å². The van der Waals surface area contributed by atoms with E-state index >= 15 is 0 Å². The molecule has 0 aliphatic carbocycles. The highest BCUT2D eigenvalue weighted by Crippen LogP contribution is 2.26. The first-order chi connectivity index (χ1) is 12.9. The minimum absolute atomic E-state index is 0.384. The molecule has 2 aromatic carbocycles. The topological polar surface area (TPSA) is 90.0 Å². The summed E-state index contributed by atoms with van der Waals surface area (Å²) >= 11 is 0. The van der Waals surface area contributed by atoms with E-state index in [0.717, 1.165) is 22.4 Å². The molecule has 3 rings (SSSR count). The van der Waals surface area contributed by atoms with Crippen LogP contribution < -0.4 is 11.1 Å². The first-order valence-corrected chi connectivity index (χ1v) is 8.69. The minimum Gasteiger partial charge on any atom is -0.368 e. The van der Waals surface area contributed by atoms with Crippen LogP contribution in [0.25, 0.3) is 16.9 Å². The van der Waals surface area contributed by atoms with E-state index < -0.39 is 17.9 Å². The molecule has 2 amide bonds. The van der Waals surface area contributed by atoms with Gasteiger partial charge < -0.3 is 11.1 Å². The van der Waals surface area contributed by atoms with Crippen molar-refractivity contribution in [2.24, 2.45) is 5.73 Å². The third kappa shape index (κ3) is 3.89. The van der Waals surface area contributed by atoms with E-state index in [0.29, 0.717) is 11.3 Å². The quantitative estimate of drug-likeness (QED) is 0.731. The van der Waals surface area contributed by atoms with Gasteiger partial charge in [0.1, 0.15) is 11.7 Å². The molecule has 0 saturated carbocycles. The molecule has 138 valence electrons. The molecular weight excluding hydrogens is 340 g/mol. The van der Waals surface area contributed by atoms with E-state index in [1.54, 1.807) is 17.8 Å². The SMILES string of the molecule is Cc1ccc(-c2nn(-c3ccccc3)cc2C(=O)NC(C)C(N)=O)cc1C. The van der Waals surface area contributed by atoms with Crippen LogP contribution in [0.3, 0.4) is 0 Å². The van der Waals surface area contributed by atoms with Crippen LogP contribution in [-0.4, -0.2) is 27.6 Å². The molecule has 0 aliphatic rings. The number of nitrogens with two attached hydrogens (primary N) is 1. The number of aromatic nitrogens is 2. The average Bonchev–Trinajstić information content (AvgIpc) is 3.10. The van der Waals surface area contributed by atoms with Gasteiger partial charge in [-0.25, -0.2) is 4.68 Å². The van der Waals surface area contributed by atoms with Crippen molar-refractivity contribution in [1.29, 1.82) is 0 Å². The molecule has 3 aromatic rings. The zero-order chi connectivity index (χ0) is 19.6. The number of carbonyl (C=O) groups excluding carboxylic acids is 2. The van der Waals surface area contributed by atoms with Crippen molar-refractivity contribution in [2.75, 3.05) is 0 Å². The molecule has 1 heterocycles. The van der Waals surface area contributed by atoms with Gasteiger partial charge in [0.25, 0.3) is 5.91 Å². The number of aryl methyl sites for hydroxylation is 2. The Morgan fingerprint density at radius 3 is 2.41 bits per heavy atom. The van der Waals surface area contributed by atoms with Gasteiger partial charge in [-0.15, -0.1) is 0 Å². The smallest absolute Gasteiger partial charge is 0.255 e. The number of para-hydroxylation sites is 1. The van der Waals surface area contributed by atoms with Crippen LogP contribution in [0.5, 0.6) is 0 Å². The van der Waals surface area contributed by atoms with Gasteiger partial charge in [0.15, 0.2) is 0 Å². The van der Waals surface area contributed by atoms with Crippen molar-refractivity contribution in [3.8, 4) is 16.9 Å². The zero-order valence-electron chi connectivity index (χ0n) is 15.6. The number of rotatable bonds is 5. The molecule has 0 spiro atoms. The van der Waals surface area contributed by atoms with Crippen LogP contribution in [0.4, 0.5) is 0 Å². The van der Waals surface area contributed by atoms with Gasteiger partial charge in [-0.3, -0.25) is 9.59 Å². The molecule has 0 fully saturated rings.